The van der Waals surface area contributed by atoms with Crippen LogP contribution in [-0.4, -0.2) is 32.2 Å². The molecule has 0 aliphatic rings. The van der Waals surface area contributed by atoms with Crippen LogP contribution in [0.2, 0.25) is 0 Å². The van der Waals surface area contributed by atoms with Crippen LogP contribution in [0.25, 0.3) is 0 Å². The number of thioether (sulfide) groups is 1. The van der Waals surface area contributed by atoms with Gasteiger partial charge in [-0.2, -0.15) is 0 Å². The number of carbonyl (C=O) groups excluding carboxylic acids is 2. The van der Waals surface area contributed by atoms with E-state index in [9.17, 15) is 9.59 Å². The highest BCUT2D eigenvalue weighted by atomic mass is 32.2. The number of Topliss-reactive ketones (excluding diaryl/α,β-unsaturated/α-hetero) is 1. The summed E-state index contributed by atoms with van der Waals surface area (Å²) in [5, 5.41) is 11.7. The summed E-state index contributed by atoms with van der Waals surface area (Å²) in [5.41, 5.74) is 1.27. The second kappa shape index (κ2) is 8.44. The summed E-state index contributed by atoms with van der Waals surface area (Å²) in [6.45, 7) is 0.268. The maximum atomic E-state index is 12.2. The molecule has 0 saturated heterocycles. The molecule has 3 rings (SSSR count). The summed E-state index contributed by atoms with van der Waals surface area (Å²) in [5.74, 6) is 0.787. The molecule has 0 fully saturated rings. The lowest BCUT2D eigenvalue weighted by Crippen LogP contribution is -2.24. The molecule has 1 aromatic heterocycles. The lowest BCUT2D eigenvalue weighted by Gasteiger charge is -2.06. The number of nitrogens with zero attached hydrogens (tertiary/aromatic N) is 3. The summed E-state index contributed by atoms with van der Waals surface area (Å²) < 4.78 is 1.79. The summed E-state index contributed by atoms with van der Waals surface area (Å²) >= 11 is 1.33. The van der Waals surface area contributed by atoms with Gasteiger partial charge in [-0.1, -0.05) is 60.3 Å². The molecular weight excluding hydrogens is 348 g/mol. The van der Waals surface area contributed by atoms with Gasteiger partial charge in [0.1, 0.15) is 0 Å². The van der Waals surface area contributed by atoms with Crippen molar-refractivity contribution in [1.29, 1.82) is 0 Å². The molecule has 0 spiro atoms. The van der Waals surface area contributed by atoms with Crippen molar-refractivity contribution in [2.45, 2.75) is 11.7 Å². The fourth-order valence-electron chi connectivity index (χ4n) is 2.31. The van der Waals surface area contributed by atoms with Gasteiger partial charge in [0.05, 0.1) is 12.3 Å². The topological polar surface area (TPSA) is 76.9 Å². The van der Waals surface area contributed by atoms with Gasteiger partial charge in [-0.25, -0.2) is 0 Å². The van der Waals surface area contributed by atoms with Crippen LogP contribution in [0.5, 0.6) is 0 Å². The van der Waals surface area contributed by atoms with Crippen molar-refractivity contribution in [3.05, 3.63) is 77.6 Å². The number of nitrogens with one attached hydrogen (secondary N) is 1. The molecular formula is C19H18N4O2S. The van der Waals surface area contributed by atoms with Crippen LogP contribution < -0.4 is 5.32 Å². The fourth-order valence-corrected chi connectivity index (χ4v) is 3.14. The van der Waals surface area contributed by atoms with E-state index in [4.69, 9.17) is 0 Å². The van der Waals surface area contributed by atoms with Crippen molar-refractivity contribution in [2.24, 2.45) is 7.05 Å². The third kappa shape index (κ3) is 4.37. The molecule has 2 aromatic carbocycles. The van der Waals surface area contributed by atoms with Gasteiger partial charge in [0.2, 0.25) is 0 Å². The van der Waals surface area contributed by atoms with Crippen molar-refractivity contribution in [1.82, 2.24) is 20.1 Å². The number of aromatic nitrogens is 3. The Labute approximate surface area is 155 Å². The van der Waals surface area contributed by atoms with Crippen molar-refractivity contribution >= 4 is 23.5 Å². The molecule has 0 aliphatic heterocycles. The van der Waals surface area contributed by atoms with Crippen molar-refractivity contribution < 1.29 is 9.59 Å². The molecule has 7 heteroatoms. The molecule has 132 valence electrons. The number of hydrogen-bond acceptors (Lipinski definition) is 5. The zero-order valence-electron chi connectivity index (χ0n) is 14.3. The van der Waals surface area contributed by atoms with E-state index in [-0.39, 0.29) is 24.0 Å². The molecule has 0 radical (unpaired) electrons. The Morgan fingerprint density at radius 1 is 0.962 bits per heavy atom. The van der Waals surface area contributed by atoms with Crippen molar-refractivity contribution in [3.63, 3.8) is 0 Å². The Bertz CT molecular complexity index is 821. The number of amides is 1. The van der Waals surface area contributed by atoms with Gasteiger partial charge in [-0.15, -0.1) is 10.2 Å². The molecule has 0 atom stereocenters. The minimum Gasteiger partial charge on any atom is -0.345 e. The Kier molecular flexibility index (Phi) is 5.80. The third-order valence-corrected chi connectivity index (χ3v) is 4.82. The summed E-state index contributed by atoms with van der Waals surface area (Å²) in [6, 6.07) is 18.1. The Hall–Kier alpha value is -2.93. The van der Waals surface area contributed by atoms with Crippen molar-refractivity contribution in [2.75, 3.05) is 5.75 Å². The average molecular weight is 366 g/mol. The first-order valence-corrected chi connectivity index (χ1v) is 9.06. The lowest BCUT2D eigenvalue weighted by molar-refractivity contribution is 0.0948. The van der Waals surface area contributed by atoms with E-state index >= 15 is 0 Å². The predicted molar refractivity (Wildman–Crippen MR) is 100 cm³/mol. The maximum absolute atomic E-state index is 12.2. The number of carbonyl (C=O) groups is 2. The van der Waals surface area contributed by atoms with E-state index in [0.717, 1.165) is 0 Å². The van der Waals surface area contributed by atoms with E-state index in [2.05, 4.69) is 15.5 Å². The largest absolute Gasteiger partial charge is 0.345 e. The van der Waals surface area contributed by atoms with E-state index in [0.29, 0.717) is 22.1 Å². The standard InChI is InChI=1S/C19H18N4O2S/c1-23-17(12-20-18(25)15-10-6-3-7-11-15)21-22-19(23)26-13-16(24)14-8-4-2-5-9-14/h2-11H,12-13H2,1H3,(H,20,25). The number of hydrogen-bond donors (Lipinski definition) is 1. The maximum Gasteiger partial charge on any atom is 0.251 e. The monoisotopic (exact) mass is 366 g/mol. The average Bonchev–Trinajstić information content (AvgIpc) is 3.05. The Balaban J connectivity index is 1.56. The van der Waals surface area contributed by atoms with Crippen LogP contribution in [0.1, 0.15) is 26.5 Å². The molecule has 26 heavy (non-hydrogen) atoms. The number of ketones is 1. The van der Waals surface area contributed by atoms with Crippen LogP contribution in [0.3, 0.4) is 0 Å². The van der Waals surface area contributed by atoms with Crippen LogP contribution >= 0.6 is 11.8 Å². The smallest absolute Gasteiger partial charge is 0.251 e. The number of benzene rings is 2. The third-order valence-electron chi connectivity index (χ3n) is 3.80. The minimum atomic E-state index is -0.165. The van der Waals surface area contributed by atoms with E-state index in [1.807, 2.05) is 43.4 Å². The lowest BCUT2D eigenvalue weighted by atomic mass is 10.2. The highest BCUT2D eigenvalue weighted by molar-refractivity contribution is 7.99. The summed E-state index contributed by atoms with van der Waals surface area (Å²) in [6.07, 6.45) is 0. The van der Waals surface area contributed by atoms with Crippen LogP contribution in [0.4, 0.5) is 0 Å². The molecule has 0 saturated carbocycles. The molecule has 3 aromatic rings. The van der Waals surface area contributed by atoms with Gasteiger partial charge >= 0.3 is 0 Å². The highest BCUT2D eigenvalue weighted by Crippen LogP contribution is 2.17. The van der Waals surface area contributed by atoms with Gasteiger partial charge in [-0.05, 0) is 12.1 Å². The molecule has 1 N–H and O–H groups in total. The van der Waals surface area contributed by atoms with Gasteiger partial charge in [0.25, 0.3) is 5.91 Å². The normalized spacial score (nSPS) is 10.5. The van der Waals surface area contributed by atoms with Gasteiger partial charge in [-0.3, -0.25) is 9.59 Å². The van der Waals surface area contributed by atoms with Gasteiger partial charge < -0.3 is 9.88 Å². The number of rotatable bonds is 7. The van der Waals surface area contributed by atoms with Crippen LogP contribution in [-0.2, 0) is 13.6 Å². The van der Waals surface area contributed by atoms with Crippen LogP contribution in [0, 0.1) is 0 Å². The Morgan fingerprint density at radius 2 is 1.58 bits per heavy atom. The second-order valence-electron chi connectivity index (χ2n) is 5.58. The van der Waals surface area contributed by atoms with Gasteiger partial charge in [0.15, 0.2) is 16.8 Å². The van der Waals surface area contributed by atoms with Gasteiger partial charge in [0, 0.05) is 18.2 Å². The highest BCUT2D eigenvalue weighted by Gasteiger charge is 2.13. The first kappa shape index (κ1) is 17.9. The summed E-state index contributed by atoms with van der Waals surface area (Å²) in [4.78, 5) is 24.3. The fraction of sp³-hybridized carbons (Fsp3) is 0.158. The first-order valence-electron chi connectivity index (χ1n) is 8.07. The second-order valence-corrected chi connectivity index (χ2v) is 6.53. The molecule has 0 aliphatic carbocycles. The van der Waals surface area contributed by atoms with Crippen LogP contribution in [0.15, 0.2) is 65.8 Å². The zero-order valence-corrected chi connectivity index (χ0v) is 15.1. The Morgan fingerprint density at radius 3 is 2.23 bits per heavy atom. The zero-order chi connectivity index (χ0) is 18.4. The van der Waals surface area contributed by atoms with Crippen molar-refractivity contribution in [3.8, 4) is 0 Å². The minimum absolute atomic E-state index is 0.0394. The molecule has 0 unspecified atom stereocenters. The van der Waals surface area contributed by atoms with E-state index < -0.39 is 0 Å². The summed E-state index contributed by atoms with van der Waals surface area (Å²) in [7, 11) is 1.82. The molecule has 1 amide bonds. The molecule has 0 bridgehead atoms. The first-order chi connectivity index (χ1) is 12.6. The molecule has 1 heterocycles. The quantitative estimate of drug-likeness (QED) is 0.514. The van der Waals surface area contributed by atoms with E-state index in [1.165, 1.54) is 11.8 Å². The predicted octanol–water partition coefficient (Wildman–Crippen LogP) is 2.72. The molecule has 6 nitrogen and oxygen atoms in total. The SMILES string of the molecule is Cn1c(CNC(=O)c2ccccc2)nnc1SCC(=O)c1ccccc1. The van der Waals surface area contributed by atoms with E-state index in [1.54, 1.807) is 28.8 Å².